The third kappa shape index (κ3) is 5.47. The average Bonchev–Trinajstić information content (AvgIpc) is 3.35. The molecule has 2 N–H and O–H groups in total. The second kappa shape index (κ2) is 9.02. The van der Waals surface area contributed by atoms with Crippen LogP contribution in [0.5, 0.6) is 0 Å². The largest absolute Gasteiger partial charge is 0.467 e. The van der Waals surface area contributed by atoms with E-state index in [4.69, 9.17) is 9.15 Å². The first kappa shape index (κ1) is 23.3. The van der Waals surface area contributed by atoms with E-state index < -0.39 is 33.7 Å². The van der Waals surface area contributed by atoms with E-state index in [0.29, 0.717) is 5.76 Å². The number of furan rings is 1. The molecule has 8 nitrogen and oxygen atoms in total. The van der Waals surface area contributed by atoms with Gasteiger partial charge in [0.1, 0.15) is 11.4 Å². The zero-order valence-corrected chi connectivity index (χ0v) is 19.1. The molecule has 1 amide bonds. The highest BCUT2D eigenvalue weighted by molar-refractivity contribution is 7.89. The molecule has 0 radical (unpaired) electrons. The van der Waals surface area contributed by atoms with Crippen molar-refractivity contribution in [3.8, 4) is 0 Å². The Kier molecular flexibility index (Phi) is 6.78. The Bertz CT molecular complexity index is 980. The summed E-state index contributed by atoms with van der Waals surface area (Å²) in [6.45, 7) is 7.22. The van der Waals surface area contributed by atoms with Crippen molar-refractivity contribution in [2.45, 2.75) is 44.2 Å². The molecule has 0 bridgehead atoms. The number of carbonyl (C=O) groups is 1. The first-order chi connectivity index (χ1) is 14.5. The number of carbonyl (C=O) groups excluding carboxylic acids is 1. The molecule has 1 fully saturated rings. The van der Waals surface area contributed by atoms with E-state index in [0.717, 1.165) is 5.56 Å². The maximum atomic E-state index is 13.2. The molecule has 3 rings (SSSR count). The molecule has 1 aliphatic heterocycles. The lowest BCUT2D eigenvalue weighted by Crippen LogP contribution is -2.40. The van der Waals surface area contributed by atoms with Gasteiger partial charge >= 0.3 is 6.09 Å². The molecule has 170 valence electrons. The van der Waals surface area contributed by atoms with Crippen LogP contribution < -0.4 is 5.32 Å². The molecule has 9 heteroatoms. The number of hydrogen-bond donors (Lipinski definition) is 2. The molecule has 1 aromatic heterocycles. The van der Waals surface area contributed by atoms with Crippen LogP contribution in [-0.2, 0) is 14.8 Å². The summed E-state index contributed by atoms with van der Waals surface area (Å²) in [6, 6.07) is 9.42. The topological polar surface area (TPSA) is 109 Å². The molecule has 1 aliphatic rings. The van der Waals surface area contributed by atoms with Crippen molar-refractivity contribution in [3.05, 3.63) is 54.0 Å². The SMILES string of the molecule is Cc1ccc(S(=O)(=O)N2C[C@@H](CO)[C@@H]([C@@H](NC(=O)OC(C)(C)C)c3ccco3)C2)cc1. The summed E-state index contributed by atoms with van der Waals surface area (Å²) in [5.74, 6) is -0.307. The maximum absolute atomic E-state index is 13.2. The number of rotatable bonds is 6. The monoisotopic (exact) mass is 450 g/mol. The van der Waals surface area contributed by atoms with Gasteiger partial charge in [0, 0.05) is 31.5 Å². The molecule has 0 unspecified atom stereocenters. The Morgan fingerprint density at radius 2 is 1.94 bits per heavy atom. The summed E-state index contributed by atoms with van der Waals surface area (Å²) in [7, 11) is -3.74. The van der Waals surface area contributed by atoms with Gasteiger partial charge in [-0.25, -0.2) is 13.2 Å². The van der Waals surface area contributed by atoms with Crippen molar-refractivity contribution in [1.29, 1.82) is 0 Å². The summed E-state index contributed by atoms with van der Waals surface area (Å²) in [4.78, 5) is 12.7. The Hall–Kier alpha value is -2.36. The van der Waals surface area contributed by atoms with Crippen LogP contribution in [0, 0.1) is 18.8 Å². The number of nitrogens with one attached hydrogen (secondary N) is 1. The minimum atomic E-state index is -3.74. The fourth-order valence-electron chi connectivity index (χ4n) is 3.77. The number of aliphatic hydroxyl groups is 1. The second-order valence-corrected chi connectivity index (χ2v) is 10.8. The number of nitrogens with zero attached hydrogens (tertiary/aromatic N) is 1. The first-order valence-corrected chi connectivity index (χ1v) is 11.7. The van der Waals surface area contributed by atoms with E-state index in [2.05, 4.69) is 5.32 Å². The van der Waals surface area contributed by atoms with Gasteiger partial charge in [0.15, 0.2) is 0 Å². The third-order valence-electron chi connectivity index (χ3n) is 5.30. The van der Waals surface area contributed by atoms with Crippen LogP contribution in [0.4, 0.5) is 4.79 Å². The smallest absolute Gasteiger partial charge is 0.408 e. The van der Waals surface area contributed by atoms with Crippen LogP contribution in [-0.4, -0.2) is 49.2 Å². The Labute approximate surface area is 183 Å². The summed E-state index contributed by atoms with van der Waals surface area (Å²) in [5.41, 5.74) is 0.274. The molecule has 0 saturated carbocycles. The number of aliphatic hydroxyl groups excluding tert-OH is 1. The quantitative estimate of drug-likeness (QED) is 0.700. The van der Waals surface area contributed by atoms with E-state index in [1.165, 1.54) is 10.6 Å². The molecule has 2 aromatic rings. The summed E-state index contributed by atoms with van der Waals surface area (Å²) in [6.07, 6.45) is 0.855. The molecule has 3 atom stereocenters. The van der Waals surface area contributed by atoms with E-state index in [-0.39, 0.29) is 30.5 Å². The van der Waals surface area contributed by atoms with E-state index >= 15 is 0 Å². The van der Waals surface area contributed by atoms with Gasteiger partial charge in [0.2, 0.25) is 10.0 Å². The fraction of sp³-hybridized carbons (Fsp3) is 0.500. The maximum Gasteiger partial charge on any atom is 0.408 e. The molecular formula is C22H30N2O6S. The van der Waals surface area contributed by atoms with Gasteiger partial charge in [-0.15, -0.1) is 0 Å². The summed E-state index contributed by atoms with van der Waals surface area (Å²) >= 11 is 0. The van der Waals surface area contributed by atoms with Gasteiger partial charge in [-0.1, -0.05) is 17.7 Å². The van der Waals surface area contributed by atoms with Crippen LogP contribution in [0.3, 0.4) is 0 Å². The molecule has 1 saturated heterocycles. The Morgan fingerprint density at radius 1 is 1.26 bits per heavy atom. The van der Waals surface area contributed by atoms with Crippen LogP contribution in [0.25, 0.3) is 0 Å². The minimum Gasteiger partial charge on any atom is -0.467 e. The summed E-state index contributed by atoms with van der Waals surface area (Å²) in [5, 5.41) is 12.8. The zero-order valence-electron chi connectivity index (χ0n) is 18.2. The van der Waals surface area contributed by atoms with Gasteiger partial charge < -0.3 is 19.6 Å². The molecule has 31 heavy (non-hydrogen) atoms. The first-order valence-electron chi connectivity index (χ1n) is 10.2. The van der Waals surface area contributed by atoms with E-state index in [9.17, 15) is 18.3 Å². The highest BCUT2D eigenvalue weighted by atomic mass is 32.2. The fourth-order valence-corrected chi connectivity index (χ4v) is 5.31. The standard InChI is InChI=1S/C22H30N2O6S/c1-15-7-9-17(10-8-15)31(27,28)24-12-16(14-25)18(13-24)20(19-6-5-11-29-19)23-21(26)30-22(2,3)4/h5-11,16,18,20,25H,12-14H2,1-4H3,(H,23,26)/t16-,18-,20+/m0/s1. The number of sulfonamides is 1. The number of benzene rings is 1. The van der Waals surface area contributed by atoms with Gasteiger partial charge in [0.05, 0.1) is 17.2 Å². The minimum absolute atomic E-state index is 0.128. The normalized spacial score (nSPS) is 21.1. The number of hydrogen-bond acceptors (Lipinski definition) is 6. The van der Waals surface area contributed by atoms with Crippen LogP contribution >= 0.6 is 0 Å². The molecule has 0 aliphatic carbocycles. The lowest BCUT2D eigenvalue weighted by Gasteiger charge is -2.28. The Morgan fingerprint density at radius 3 is 2.48 bits per heavy atom. The van der Waals surface area contributed by atoms with E-state index in [1.807, 2.05) is 6.92 Å². The van der Waals surface area contributed by atoms with Crippen molar-refractivity contribution in [2.75, 3.05) is 19.7 Å². The van der Waals surface area contributed by atoms with Crippen LogP contribution in [0.1, 0.15) is 38.1 Å². The highest BCUT2D eigenvalue weighted by Gasteiger charge is 2.44. The number of amides is 1. The van der Waals surface area contributed by atoms with Crippen molar-refractivity contribution in [3.63, 3.8) is 0 Å². The van der Waals surface area contributed by atoms with Gasteiger partial charge in [-0.3, -0.25) is 0 Å². The van der Waals surface area contributed by atoms with Crippen molar-refractivity contribution in [1.82, 2.24) is 9.62 Å². The van der Waals surface area contributed by atoms with Crippen molar-refractivity contribution >= 4 is 16.1 Å². The number of alkyl carbamates (subject to hydrolysis) is 1. The van der Waals surface area contributed by atoms with Crippen molar-refractivity contribution in [2.24, 2.45) is 11.8 Å². The highest BCUT2D eigenvalue weighted by Crippen LogP contribution is 2.37. The van der Waals surface area contributed by atoms with Crippen molar-refractivity contribution < 1.29 is 27.5 Å². The van der Waals surface area contributed by atoms with Crippen LogP contribution in [0.2, 0.25) is 0 Å². The van der Waals surface area contributed by atoms with Gasteiger partial charge in [-0.2, -0.15) is 4.31 Å². The molecular weight excluding hydrogens is 420 g/mol. The number of aryl methyl sites for hydroxylation is 1. The lowest BCUT2D eigenvalue weighted by atomic mass is 9.88. The summed E-state index contributed by atoms with van der Waals surface area (Å²) < 4.78 is 38.6. The molecule has 1 aromatic carbocycles. The van der Waals surface area contributed by atoms with Crippen LogP contribution in [0.15, 0.2) is 52.0 Å². The predicted octanol–water partition coefficient (Wildman–Crippen LogP) is 3.08. The number of ether oxygens (including phenoxy) is 1. The van der Waals surface area contributed by atoms with E-state index in [1.54, 1.807) is 57.2 Å². The Balaban J connectivity index is 1.87. The second-order valence-electron chi connectivity index (χ2n) is 8.88. The average molecular weight is 451 g/mol. The predicted molar refractivity (Wildman–Crippen MR) is 115 cm³/mol. The zero-order chi connectivity index (χ0) is 22.8. The van der Waals surface area contributed by atoms with Gasteiger partial charge in [-0.05, 0) is 52.0 Å². The molecule has 2 heterocycles. The lowest BCUT2D eigenvalue weighted by molar-refractivity contribution is 0.0460. The van der Waals surface area contributed by atoms with Gasteiger partial charge in [0.25, 0.3) is 0 Å². The molecule has 0 spiro atoms. The third-order valence-corrected chi connectivity index (χ3v) is 7.15.